The predicted molar refractivity (Wildman–Crippen MR) is 109 cm³/mol. The van der Waals surface area contributed by atoms with Gasteiger partial charge in [-0.15, -0.1) is 0 Å². The summed E-state index contributed by atoms with van der Waals surface area (Å²) in [4.78, 5) is 26.6. The van der Waals surface area contributed by atoms with E-state index in [0.717, 1.165) is 49.2 Å². The molecule has 3 rings (SSSR count). The number of hydrogen-bond acceptors (Lipinski definition) is 3. The van der Waals surface area contributed by atoms with E-state index in [0.29, 0.717) is 18.9 Å². The molecule has 0 radical (unpaired) electrons. The van der Waals surface area contributed by atoms with Crippen LogP contribution in [0, 0.1) is 5.92 Å². The molecule has 1 fully saturated rings. The summed E-state index contributed by atoms with van der Waals surface area (Å²) >= 11 is 0. The fraction of sp³-hybridized carbons (Fsp3) is 0.391. The molecule has 1 N–H and O–H groups in total. The number of hydrogen-bond donors (Lipinski definition) is 1. The van der Waals surface area contributed by atoms with Crippen LogP contribution in [0.15, 0.2) is 54.6 Å². The van der Waals surface area contributed by atoms with E-state index in [1.54, 1.807) is 7.11 Å². The minimum absolute atomic E-state index is 0.0746. The second-order valence-corrected chi connectivity index (χ2v) is 7.27. The first kappa shape index (κ1) is 19.9. The van der Waals surface area contributed by atoms with Gasteiger partial charge in [-0.2, -0.15) is 0 Å². The number of methoxy groups -OCH3 is 1. The monoisotopic (exact) mass is 380 g/mol. The number of likely N-dealkylation sites (tertiary alicyclic amines) is 1. The lowest BCUT2D eigenvalue weighted by atomic mass is 9.91. The Bertz CT molecular complexity index is 783. The molecule has 2 amide bonds. The Balaban J connectivity index is 1.37. The number of benzene rings is 2. The maximum atomic E-state index is 12.5. The third-order valence-electron chi connectivity index (χ3n) is 5.33. The Kier molecular flexibility index (Phi) is 7.06. The highest BCUT2D eigenvalue weighted by Gasteiger charge is 2.23. The Labute approximate surface area is 166 Å². The van der Waals surface area contributed by atoms with E-state index in [9.17, 15) is 9.59 Å². The van der Waals surface area contributed by atoms with E-state index in [1.165, 1.54) is 0 Å². The van der Waals surface area contributed by atoms with Crippen molar-refractivity contribution >= 4 is 11.8 Å². The summed E-state index contributed by atoms with van der Waals surface area (Å²) in [6, 6.07) is 17.1. The number of piperidine rings is 1. The maximum absolute atomic E-state index is 12.5. The standard InChI is InChI=1S/C23H28N2O3/c1-28-21-9-5-6-19(16-21)17-24-22(26)11-10-18-12-14-25(15-13-18)23(27)20-7-3-2-4-8-20/h2-9,16,18H,10-15,17H2,1H3,(H,24,26). The Hall–Kier alpha value is -2.82. The van der Waals surface area contributed by atoms with Crippen molar-refractivity contribution in [2.24, 2.45) is 5.92 Å². The highest BCUT2D eigenvalue weighted by molar-refractivity contribution is 5.94. The van der Waals surface area contributed by atoms with Gasteiger partial charge in [-0.1, -0.05) is 30.3 Å². The Morgan fingerprint density at radius 2 is 1.82 bits per heavy atom. The van der Waals surface area contributed by atoms with Gasteiger partial charge in [-0.05, 0) is 55.0 Å². The van der Waals surface area contributed by atoms with Crippen molar-refractivity contribution < 1.29 is 14.3 Å². The van der Waals surface area contributed by atoms with Crippen molar-refractivity contribution in [3.63, 3.8) is 0 Å². The molecule has 0 bridgehead atoms. The van der Waals surface area contributed by atoms with Crippen molar-refractivity contribution in [3.05, 3.63) is 65.7 Å². The molecule has 28 heavy (non-hydrogen) atoms. The van der Waals surface area contributed by atoms with Crippen LogP contribution in [0.2, 0.25) is 0 Å². The molecule has 0 spiro atoms. The summed E-state index contributed by atoms with van der Waals surface area (Å²) < 4.78 is 5.20. The molecule has 2 aromatic rings. The van der Waals surface area contributed by atoms with Crippen molar-refractivity contribution in [1.29, 1.82) is 0 Å². The topological polar surface area (TPSA) is 58.6 Å². The van der Waals surface area contributed by atoms with Gasteiger partial charge in [0.1, 0.15) is 5.75 Å². The van der Waals surface area contributed by atoms with Crippen LogP contribution >= 0.6 is 0 Å². The minimum atomic E-state index is 0.0746. The first-order valence-corrected chi connectivity index (χ1v) is 9.89. The number of nitrogens with one attached hydrogen (secondary N) is 1. The predicted octanol–water partition coefficient (Wildman–Crippen LogP) is 3.64. The number of carbonyl (C=O) groups excluding carboxylic acids is 2. The molecule has 0 atom stereocenters. The van der Waals surface area contributed by atoms with E-state index in [2.05, 4.69) is 5.32 Å². The zero-order valence-corrected chi connectivity index (χ0v) is 16.4. The van der Waals surface area contributed by atoms with Gasteiger partial charge in [0.05, 0.1) is 7.11 Å². The summed E-state index contributed by atoms with van der Waals surface area (Å²) in [5.41, 5.74) is 1.78. The third kappa shape index (κ3) is 5.59. The van der Waals surface area contributed by atoms with Crippen LogP contribution in [-0.4, -0.2) is 36.9 Å². The number of nitrogens with zero attached hydrogens (tertiary/aromatic N) is 1. The molecule has 0 saturated carbocycles. The molecule has 1 saturated heterocycles. The van der Waals surface area contributed by atoms with Crippen LogP contribution in [0.1, 0.15) is 41.6 Å². The molecular formula is C23H28N2O3. The van der Waals surface area contributed by atoms with E-state index in [-0.39, 0.29) is 11.8 Å². The maximum Gasteiger partial charge on any atom is 0.253 e. The largest absolute Gasteiger partial charge is 0.497 e. The molecule has 5 heteroatoms. The number of carbonyl (C=O) groups is 2. The molecule has 1 heterocycles. The first-order valence-electron chi connectivity index (χ1n) is 9.89. The van der Waals surface area contributed by atoms with Gasteiger partial charge < -0.3 is 15.0 Å². The summed E-state index contributed by atoms with van der Waals surface area (Å²) in [5, 5.41) is 2.98. The van der Waals surface area contributed by atoms with Crippen molar-refractivity contribution in [2.75, 3.05) is 20.2 Å². The van der Waals surface area contributed by atoms with Crippen LogP contribution < -0.4 is 10.1 Å². The lowest BCUT2D eigenvalue weighted by molar-refractivity contribution is -0.121. The summed E-state index contributed by atoms with van der Waals surface area (Å²) in [5.74, 6) is 1.48. The van der Waals surface area contributed by atoms with Crippen molar-refractivity contribution in [1.82, 2.24) is 10.2 Å². The molecule has 0 aliphatic carbocycles. The van der Waals surface area contributed by atoms with E-state index < -0.39 is 0 Å². The van der Waals surface area contributed by atoms with Gasteiger partial charge >= 0.3 is 0 Å². The summed E-state index contributed by atoms with van der Waals surface area (Å²) in [6.07, 6.45) is 3.32. The smallest absolute Gasteiger partial charge is 0.253 e. The quantitative estimate of drug-likeness (QED) is 0.798. The van der Waals surface area contributed by atoms with E-state index in [1.807, 2.05) is 59.5 Å². The van der Waals surface area contributed by atoms with Crippen LogP contribution in [0.5, 0.6) is 5.75 Å². The number of rotatable bonds is 7. The summed E-state index contributed by atoms with van der Waals surface area (Å²) in [6.45, 7) is 2.05. The SMILES string of the molecule is COc1cccc(CNC(=O)CCC2CCN(C(=O)c3ccccc3)CC2)c1. The molecule has 1 aliphatic heterocycles. The van der Waals surface area contributed by atoms with Gasteiger partial charge in [-0.3, -0.25) is 9.59 Å². The van der Waals surface area contributed by atoms with Crippen LogP contribution in [0.25, 0.3) is 0 Å². The molecule has 0 unspecified atom stereocenters. The van der Waals surface area contributed by atoms with Crippen molar-refractivity contribution in [2.45, 2.75) is 32.2 Å². The van der Waals surface area contributed by atoms with Crippen molar-refractivity contribution in [3.8, 4) is 5.75 Å². The normalized spacial score (nSPS) is 14.5. The average Bonchev–Trinajstić information content (AvgIpc) is 2.77. The second kappa shape index (κ2) is 9.93. The highest BCUT2D eigenvalue weighted by atomic mass is 16.5. The average molecular weight is 380 g/mol. The third-order valence-corrected chi connectivity index (χ3v) is 5.33. The first-order chi connectivity index (χ1) is 13.7. The molecular weight excluding hydrogens is 352 g/mol. The molecule has 148 valence electrons. The number of ether oxygens (including phenoxy) is 1. The van der Waals surface area contributed by atoms with Crippen LogP contribution in [0.4, 0.5) is 0 Å². The Morgan fingerprint density at radius 1 is 1.07 bits per heavy atom. The van der Waals surface area contributed by atoms with E-state index in [4.69, 9.17) is 4.74 Å². The van der Waals surface area contributed by atoms with Crippen LogP contribution in [-0.2, 0) is 11.3 Å². The van der Waals surface area contributed by atoms with Crippen LogP contribution in [0.3, 0.4) is 0 Å². The Morgan fingerprint density at radius 3 is 2.54 bits per heavy atom. The fourth-order valence-corrected chi connectivity index (χ4v) is 3.59. The molecule has 0 aromatic heterocycles. The minimum Gasteiger partial charge on any atom is -0.497 e. The zero-order valence-electron chi connectivity index (χ0n) is 16.4. The van der Waals surface area contributed by atoms with Gasteiger partial charge in [0, 0.05) is 31.6 Å². The summed E-state index contributed by atoms with van der Waals surface area (Å²) in [7, 11) is 1.64. The fourth-order valence-electron chi connectivity index (χ4n) is 3.59. The molecule has 1 aliphatic rings. The lowest BCUT2D eigenvalue weighted by Crippen LogP contribution is -2.38. The molecule has 2 aromatic carbocycles. The number of amides is 2. The molecule has 5 nitrogen and oxygen atoms in total. The van der Waals surface area contributed by atoms with E-state index >= 15 is 0 Å². The van der Waals surface area contributed by atoms with Gasteiger partial charge in [-0.25, -0.2) is 0 Å². The highest BCUT2D eigenvalue weighted by Crippen LogP contribution is 2.23. The second-order valence-electron chi connectivity index (χ2n) is 7.27. The van der Waals surface area contributed by atoms with Gasteiger partial charge in [0.15, 0.2) is 0 Å². The zero-order chi connectivity index (χ0) is 19.8. The van der Waals surface area contributed by atoms with Gasteiger partial charge in [0.25, 0.3) is 5.91 Å². The lowest BCUT2D eigenvalue weighted by Gasteiger charge is -2.32. The van der Waals surface area contributed by atoms with Gasteiger partial charge in [0.2, 0.25) is 5.91 Å².